The van der Waals surface area contributed by atoms with Gasteiger partial charge >= 0.3 is 0 Å². The van der Waals surface area contributed by atoms with Crippen LogP contribution in [-0.2, 0) is 6.54 Å². The molecule has 0 N–H and O–H groups in total. The molecule has 3 nitrogen and oxygen atoms in total. The minimum Gasteiger partial charge on any atom is -0.295 e. The van der Waals surface area contributed by atoms with Gasteiger partial charge in [-0.2, -0.15) is 4.57 Å². The van der Waals surface area contributed by atoms with Gasteiger partial charge < -0.3 is 0 Å². The molecule has 0 saturated carbocycles. The van der Waals surface area contributed by atoms with Crippen LogP contribution in [-0.4, -0.2) is 11.6 Å². The summed E-state index contributed by atoms with van der Waals surface area (Å²) in [5.74, 6) is 0.0262. The summed E-state index contributed by atoms with van der Waals surface area (Å²) in [4.78, 5) is 23.6. The highest BCUT2D eigenvalue weighted by Crippen LogP contribution is 2.10. The maximum absolute atomic E-state index is 12.3. The van der Waals surface area contributed by atoms with Crippen LogP contribution in [0.2, 0.25) is 0 Å². The van der Waals surface area contributed by atoms with Crippen LogP contribution >= 0.6 is 0 Å². The fraction of sp³-hybridized carbons (Fsp3) is 0.105. The van der Waals surface area contributed by atoms with Gasteiger partial charge in [-0.25, -0.2) is 0 Å². The molecule has 0 bridgehead atoms. The molecule has 0 aliphatic carbocycles. The number of benzene rings is 2. The van der Waals surface area contributed by atoms with Gasteiger partial charge in [-0.15, -0.1) is 0 Å². The lowest BCUT2D eigenvalue weighted by Gasteiger charge is -2.01. The van der Waals surface area contributed by atoms with Crippen molar-refractivity contribution in [1.29, 1.82) is 0 Å². The van der Waals surface area contributed by atoms with Crippen molar-refractivity contribution < 1.29 is 14.2 Å². The van der Waals surface area contributed by atoms with Gasteiger partial charge in [-0.3, -0.25) is 9.59 Å². The largest absolute Gasteiger partial charge is 0.295 e. The molecule has 0 radical (unpaired) electrons. The van der Waals surface area contributed by atoms with E-state index >= 15 is 0 Å². The van der Waals surface area contributed by atoms with E-state index in [4.69, 9.17) is 0 Å². The third kappa shape index (κ3) is 2.93. The van der Waals surface area contributed by atoms with Crippen molar-refractivity contribution in [3.05, 3.63) is 78.1 Å². The number of aromatic nitrogens is 1. The molecule has 0 spiro atoms. The zero-order chi connectivity index (χ0) is 15.5. The molecule has 108 valence electrons. The summed E-state index contributed by atoms with van der Waals surface area (Å²) in [5.41, 5.74) is 1.24. The zero-order valence-electron chi connectivity index (χ0n) is 12.3. The molecule has 2 aromatic carbocycles. The maximum atomic E-state index is 12.3. The number of hydrogen-bond donors (Lipinski definition) is 0. The Labute approximate surface area is 128 Å². The van der Waals surface area contributed by atoms with Crippen LogP contribution in [0.4, 0.5) is 0 Å². The highest BCUT2D eigenvalue weighted by molar-refractivity contribution is 5.98. The first-order valence-electron chi connectivity index (χ1n) is 7.15. The normalized spacial score (nSPS) is 10.6. The number of carbonyl (C=O) groups excluding carboxylic acids is 2. The van der Waals surface area contributed by atoms with Crippen LogP contribution in [0.3, 0.4) is 0 Å². The summed E-state index contributed by atoms with van der Waals surface area (Å²) in [5, 5.41) is 2.25. The summed E-state index contributed by atoms with van der Waals surface area (Å²) in [6, 6.07) is 16.9. The second-order valence-electron chi connectivity index (χ2n) is 5.30. The van der Waals surface area contributed by atoms with E-state index in [1.54, 1.807) is 24.3 Å². The van der Waals surface area contributed by atoms with Crippen LogP contribution in [0.5, 0.6) is 0 Å². The topological polar surface area (TPSA) is 38.0 Å². The Balaban J connectivity index is 1.81. The van der Waals surface area contributed by atoms with Gasteiger partial charge in [-0.1, -0.05) is 42.5 Å². The molecule has 3 heteroatoms. The number of fused-ring (bicyclic) bond motifs is 1. The lowest BCUT2D eigenvalue weighted by Crippen LogP contribution is -2.37. The molecule has 0 saturated heterocycles. The van der Waals surface area contributed by atoms with Gasteiger partial charge in [0.1, 0.15) is 0 Å². The number of hydrogen-bond acceptors (Lipinski definition) is 2. The van der Waals surface area contributed by atoms with Crippen molar-refractivity contribution in [1.82, 2.24) is 0 Å². The van der Waals surface area contributed by atoms with E-state index in [0.29, 0.717) is 11.1 Å². The highest BCUT2D eigenvalue weighted by Gasteiger charge is 2.13. The minimum atomic E-state index is 0.00269. The molecule has 0 atom stereocenters. The van der Waals surface area contributed by atoms with E-state index in [-0.39, 0.29) is 18.1 Å². The third-order valence-electron chi connectivity index (χ3n) is 3.69. The Bertz CT molecular complexity index is 851. The molecular weight excluding hydrogens is 274 g/mol. The van der Waals surface area contributed by atoms with Crippen molar-refractivity contribution in [2.24, 2.45) is 0 Å². The summed E-state index contributed by atoms with van der Waals surface area (Å²) >= 11 is 0. The van der Waals surface area contributed by atoms with Crippen molar-refractivity contribution in [3.8, 4) is 0 Å². The highest BCUT2D eigenvalue weighted by atomic mass is 16.1. The Morgan fingerprint density at radius 2 is 1.50 bits per heavy atom. The molecule has 1 heterocycles. The monoisotopic (exact) mass is 290 g/mol. The molecule has 3 aromatic rings. The maximum Gasteiger partial charge on any atom is 0.227 e. The lowest BCUT2D eigenvalue weighted by atomic mass is 10.1. The lowest BCUT2D eigenvalue weighted by molar-refractivity contribution is -0.681. The smallest absolute Gasteiger partial charge is 0.227 e. The average molecular weight is 290 g/mol. The van der Waals surface area contributed by atoms with Crippen LogP contribution in [0, 0.1) is 0 Å². The van der Waals surface area contributed by atoms with Crippen molar-refractivity contribution >= 4 is 22.3 Å². The van der Waals surface area contributed by atoms with Crippen LogP contribution in [0.1, 0.15) is 27.6 Å². The third-order valence-corrected chi connectivity index (χ3v) is 3.69. The predicted molar refractivity (Wildman–Crippen MR) is 84.9 cm³/mol. The Hall–Kier alpha value is -2.81. The molecule has 0 unspecified atom stereocenters. The summed E-state index contributed by atoms with van der Waals surface area (Å²) in [6.07, 6.45) is 3.88. The van der Waals surface area contributed by atoms with Crippen LogP contribution in [0.15, 0.2) is 67.0 Å². The molecule has 22 heavy (non-hydrogen) atoms. The quantitative estimate of drug-likeness (QED) is 0.546. The first-order valence-corrected chi connectivity index (χ1v) is 7.15. The van der Waals surface area contributed by atoms with Gasteiger partial charge in [0.2, 0.25) is 12.3 Å². The Kier molecular flexibility index (Phi) is 3.79. The molecule has 1 aromatic heterocycles. The van der Waals surface area contributed by atoms with Gasteiger partial charge in [0.15, 0.2) is 18.2 Å². The summed E-state index contributed by atoms with van der Waals surface area (Å²) < 4.78 is 1.88. The predicted octanol–water partition coefficient (Wildman–Crippen LogP) is 3.21. The standard InChI is InChI=1S/C19H16NO2/c1-14(21)15-6-8-17(9-7-15)19(22)13-20-11-10-16-4-2-3-5-18(16)12-20/h2-12H,13H2,1H3/q+1. The molecule has 0 aliphatic rings. The van der Waals surface area contributed by atoms with E-state index in [9.17, 15) is 9.59 Å². The number of carbonyl (C=O) groups is 2. The van der Waals surface area contributed by atoms with Gasteiger partial charge in [0, 0.05) is 22.6 Å². The number of pyridine rings is 1. The SMILES string of the molecule is CC(=O)c1ccc(C(=O)C[n+]2ccc3ccccc3c2)cc1. The average Bonchev–Trinajstić information content (AvgIpc) is 2.55. The van der Waals surface area contributed by atoms with Crippen LogP contribution in [0.25, 0.3) is 10.8 Å². The van der Waals surface area contributed by atoms with Gasteiger partial charge in [-0.05, 0) is 18.4 Å². The van der Waals surface area contributed by atoms with E-state index < -0.39 is 0 Å². The number of rotatable bonds is 4. The van der Waals surface area contributed by atoms with Crippen molar-refractivity contribution in [3.63, 3.8) is 0 Å². The number of ketones is 2. The minimum absolute atomic E-state index is 0.00269. The number of nitrogens with zero attached hydrogens (tertiary/aromatic N) is 1. The van der Waals surface area contributed by atoms with Crippen molar-refractivity contribution in [2.45, 2.75) is 13.5 Å². The Morgan fingerprint density at radius 3 is 2.18 bits per heavy atom. The van der Waals surface area contributed by atoms with E-state index in [1.165, 1.54) is 6.92 Å². The molecule has 0 amide bonds. The van der Waals surface area contributed by atoms with E-state index in [1.807, 2.05) is 47.3 Å². The Morgan fingerprint density at radius 1 is 0.864 bits per heavy atom. The molecular formula is C19H16NO2+. The summed E-state index contributed by atoms with van der Waals surface area (Å²) in [7, 11) is 0. The molecule has 0 aliphatic heterocycles. The number of Topliss-reactive ketones (excluding diaryl/α,β-unsaturated/α-hetero) is 2. The van der Waals surface area contributed by atoms with Gasteiger partial charge in [0.25, 0.3) is 0 Å². The fourth-order valence-corrected chi connectivity index (χ4v) is 2.42. The first-order chi connectivity index (χ1) is 10.6. The first kappa shape index (κ1) is 14.1. The fourth-order valence-electron chi connectivity index (χ4n) is 2.42. The van der Waals surface area contributed by atoms with E-state index in [2.05, 4.69) is 0 Å². The molecule has 0 fully saturated rings. The zero-order valence-corrected chi connectivity index (χ0v) is 12.3. The van der Waals surface area contributed by atoms with Gasteiger partial charge in [0.05, 0.1) is 0 Å². The summed E-state index contributed by atoms with van der Waals surface area (Å²) in [6.45, 7) is 1.80. The second kappa shape index (κ2) is 5.90. The van der Waals surface area contributed by atoms with Crippen molar-refractivity contribution in [2.75, 3.05) is 0 Å². The second-order valence-corrected chi connectivity index (χ2v) is 5.30. The van der Waals surface area contributed by atoms with E-state index in [0.717, 1.165) is 10.8 Å². The van der Waals surface area contributed by atoms with Crippen LogP contribution < -0.4 is 4.57 Å². The molecule has 3 rings (SSSR count).